The zero-order valence-electron chi connectivity index (χ0n) is 16.8. The molecule has 2 aliphatic rings. The molecule has 0 amide bonds. The summed E-state index contributed by atoms with van der Waals surface area (Å²) in [7, 11) is 1.81. The summed E-state index contributed by atoms with van der Waals surface area (Å²) >= 11 is 1.15. The second-order valence-corrected chi connectivity index (χ2v) is 8.77. The number of hydrogen-bond acceptors (Lipinski definition) is 7. The van der Waals surface area contributed by atoms with Crippen LogP contribution in [0, 0.1) is 11.2 Å². The Kier molecular flexibility index (Phi) is 5.01. The molecule has 1 aliphatic heterocycles. The van der Waals surface area contributed by atoms with Crippen molar-refractivity contribution >= 4 is 24.3 Å². The molecule has 0 spiro atoms. The molecule has 10 heteroatoms. The fourth-order valence-electron chi connectivity index (χ4n) is 4.26. The molecule has 3 heterocycles. The van der Waals surface area contributed by atoms with Gasteiger partial charge < -0.3 is 4.79 Å². The Morgan fingerprint density at radius 3 is 2.77 bits per heavy atom. The highest BCUT2D eigenvalue weighted by Crippen LogP contribution is 2.43. The van der Waals surface area contributed by atoms with E-state index >= 15 is 0 Å². The summed E-state index contributed by atoms with van der Waals surface area (Å²) in [6.45, 7) is 0.938. The summed E-state index contributed by atoms with van der Waals surface area (Å²) in [5.41, 5.74) is 2.93. The molecule has 1 saturated heterocycles. The van der Waals surface area contributed by atoms with E-state index < -0.39 is 5.41 Å². The molecule has 1 unspecified atom stereocenters. The summed E-state index contributed by atoms with van der Waals surface area (Å²) in [6, 6.07) is 8.00. The molecule has 1 fully saturated rings. The highest BCUT2D eigenvalue weighted by molar-refractivity contribution is 7.96. The lowest BCUT2D eigenvalue weighted by Crippen LogP contribution is -2.52. The number of benzene rings is 1. The zero-order valence-corrected chi connectivity index (χ0v) is 17.7. The number of aromatic nitrogens is 4. The van der Waals surface area contributed by atoms with Crippen LogP contribution >= 0.6 is 11.9 Å². The summed E-state index contributed by atoms with van der Waals surface area (Å²) in [5.74, 6) is -0.298. The Labute approximate surface area is 182 Å². The molecule has 160 valence electrons. The highest BCUT2D eigenvalue weighted by Gasteiger charge is 2.44. The Balaban J connectivity index is 1.41. The molecule has 3 aromatic rings. The Bertz CT molecular complexity index is 1160. The minimum absolute atomic E-state index is 0.298. The number of aryl methyl sites for hydroxylation is 1. The van der Waals surface area contributed by atoms with Gasteiger partial charge in [-0.2, -0.15) is 10.2 Å². The smallest absolute Gasteiger partial charge is 0.131 e. The number of rotatable bonds is 5. The maximum atomic E-state index is 13.3. The maximum absolute atomic E-state index is 13.3. The molecule has 1 atom stereocenters. The number of nitrogens with zero attached hydrogens (tertiary/aromatic N) is 6. The van der Waals surface area contributed by atoms with Crippen LogP contribution in [-0.4, -0.2) is 53.7 Å². The molecule has 1 aliphatic carbocycles. The maximum Gasteiger partial charge on any atom is 0.131 e. The van der Waals surface area contributed by atoms with Crippen molar-refractivity contribution in [2.75, 3.05) is 13.1 Å². The van der Waals surface area contributed by atoms with Crippen molar-refractivity contribution in [2.24, 2.45) is 12.5 Å². The Morgan fingerprint density at radius 2 is 2.06 bits per heavy atom. The Morgan fingerprint density at radius 1 is 1.26 bits per heavy atom. The second-order valence-electron chi connectivity index (χ2n) is 7.84. The van der Waals surface area contributed by atoms with Crippen LogP contribution in [-0.2, 0) is 18.3 Å². The standard InChI is InChI=1S/C21H21FN6O2S/c1-25-20(6-8-23-25)31-28(30)26-9-7-16-10-19-15(11-21(16,13-26)14-29)12-24-27(19)18-4-2-17(22)3-5-18/h2-6,8,10,12,14,30H,7,9,11,13H2,1H3. The lowest BCUT2D eigenvalue weighted by atomic mass is 9.69. The van der Waals surface area contributed by atoms with Crippen molar-refractivity contribution in [2.45, 2.75) is 17.9 Å². The minimum Gasteiger partial charge on any atom is -0.302 e. The van der Waals surface area contributed by atoms with Gasteiger partial charge in [0.25, 0.3) is 0 Å². The third-order valence-corrected chi connectivity index (χ3v) is 6.92. The first-order valence-corrected chi connectivity index (χ1v) is 10.7. The number of aldehydes is 1. The van der Waals surface area contributed by atoms with Gasteiger partial charge in [0.1, 0.15) is 17.1 Å². The van der Waals surface area contributed by atoms with E-state index in [1.165, 1.54) is 12.1 Å². The molecule has 2 aromatic heterocycles. The first-order valence-electron chi connectivity index (χ1n) is 9.89. The van der Waals surface area contributed by atoms with Gasteiger partial charge in [0, 0.05) is 32.1 Å². The van der Waals surface area contributed by atoms with Crippen molar-refractivity contribution in [3.8, 4) is 5.69 Å². The Hall–Kier alpha value is -2.79. The van der Waals surface area contributed by atoms with Crippen molar-refractivity contribution < 1.29 is 14.4 Å². The van der Waals surface area contributed by atoms with Crippen molar-refractivity contribution in [3.05, 3.63) is 65.4 Å². The fourth-order valence-corrected chi connectivity index (χ4v) is 4.97. The summed E-state index contributed by atoms with van der Waals surface area (Å²) in [5, 5.41) is 21.8. The van der Waals surface area contributed by atoms with Crippen LogP contribution < -0.4 is 0 Å². The second kappa shape index (κ2) is 7.72. The van der Waals surface area contributed by atoms with Crippen LogP contribution in [0.2, 0.25) is 0 Å². The number of hydrazine groups is 1. The largest absolute Gasteiger partial charge is 0.302 e. The van der Waals surface area contributed by atoms with Crippen molar-refractivity contribution in [1.82, 2.24) is 29.1 Å². The minimum atomic E-state index is -0.726. The van der Waals surface area contributed by atoms with Crippen LogP contribution in [0.4, 0.5) is 4.39 Å². The van der Waals surface area contributed by atoms with Gasteiger partial charge in [-0.05, 0) is 54.8 Å². The van der Waals surface area contributed by atoms with Crippen LogP contribution in [0.5, 0.6) is 0 Å². The van der Waals surface area contributed by atoms with Gasteiger partial charge in [-0.25, -0.2) is 14.1 Å². The monoisotopic (exact) mass is 440 g/mol. The molecular weight excluding hydrogens is 419 g/mol. The van der Waals surface area contributed by atoms with Gasteiger partial charge in [0.2, 0.25) is 0 Å². The van der Waals surface area contributed by atoms with E-state index in [1.54, 1.807) is 38.9 Å². The number of halogens is 1. The molecule has 0 radical (unpaired) electrons. The summed E-state index contributed by atoms with van der Waals surface area (Å²) < 4.78 is 17.9. The number of piperidine rings is 1. The molecule has 8 nitrogen and oxygen atoms in total. The molecule has 1 aromatic carbocycles. The quantitative estimate of drug-likeness (QED) is 0.371. The zero-order chi connectivity index (χ0) is 21.6. The van der Waals surface area contributed by atoms with Crippen LogP contribution in [0.3, 0.4) is 0 Å². The predicted octanol–water partition coefficient (Wildman–Crippen LogP) is 2.89. The van der Waals surface area contributed by atoms with Gasteiger partial charge in [0.15, 0.2) is 0 Å². The molecule has 0 saturated carbocycles. The van der Waals surface area contributed by atoms with Crippen LogP contribution in [0.1, 0.15) is 17.7 Å². The van der Waals surface area contributed by atoms with Gasteiger partial charge >= 0.3 is 0 Å². The number of hydrogen-bond donors (Lipinski definition) is 1. The number of carbonyl (C=O) groups is 1. The number of carbonyl (C=O) groups excluding carboxylic acids is 1. The fraction of sp³-hybridized carbons (Fsp3) is 0.286. The molecule has 5 rings (SSSR count). The van der Waals surface area contributed by atoms with E-state index in [0.29, 0.717) is 25.9 Å². The van der Waals surface area contributed by atoms with Gasteiger partial charge in [-0.3, -0.25) is 9.89 Å². The molecule has 31 heavy (non-hydrogen) atoms. The van der Waals surface area contributed by atoms with Gasteiger partial charge in [0.05, 0.1) is 29.2 Å². The molecular formula is C21H21FN6O2S. The lowest BCUT2D eigenvalue weighted by molar-refractivity contribution is -0.175. The average Bonchev–Trinajstić information content (AvgIpc) is 3.37. The SMILES string of the molecule is Cn1nccc1SN(O)N1CCC2=Cc3c(cnn3-c3ccc(F)cc3)CC2(C=O)C1. The topological polar surface area (TPSA) is 79.4 Å². The average molecular weight is 441 g/mol. The van der Waals surface area contributed by atoms with Crippen LogP contribution in [0.15, 0.2) is 53.3 Å². The van der Waals surface area contributed by atoms with E-state index in [1.807, 2.05) is 19.2 Å². The van der Waals surface area contributed by atoms with Gasteiger partial charge in [-0.1, -0.05) is 10.2 Å². The molecule has 1 N–H and O–H groups in total. The first kappa shape index (κ1) is 20.1. The first-order chi connectivity index (χ1) is 15.0. The van der Waals surface area contributed by atoms with Gasteiger partial charge in [-0.15, -0.1) is 0 Å². The van der Waals surface area contributed by atoms with E-state index in [-0.39, 0.29) is 5.82 Å². The van der Waals surface area contributed by atoms with Crippen LogP contribution in [0.25, 0.3) is 11.8 Å². The highest BCUT2D eigenvalue weighted by atomic mass is 32.2. The number of fused-ring (bicyclic) bond motifs is 2. The van der Waals surface area contributed by atoms with E-state index in [4.69, 9.17) is 0 Å². The normalized spacial score (nSPS) is 21.0. The third-order valence-electron chi connectivity index (χ3n) is 5.94. The summed E-state index contributed by atoms with van der Waals surface area (Å²) in [4.78, 5) is 12.3. The van der Waals surface area contributed by atoms with E-state index in [2.05, 4.69) is 10.2 Å². The predicted molar refractivity (Wildman–Crippen MR) is 113 cm³/mol. The van der Waals surface area contributed by atoms with Crippen molar-refractivity contribution in [3.63, 3.8) is 0 Å². The molecule has 0 bridgehead atoms. The summed E-state index contributed by atoms with van der Waals surface area (Å²) in [6.07, 6.45) is 7.58. The van der Waals surface area contributed by atoms with Crippen molar-refractivity contribution in [1.29, 1.82) is 0 Å². The third kappa shape index (κ3) is 3.51. The van der Waals surface area contributed by atoms with E-state index in [9.17, 15) is 14.4 Å². The lowest BCUT2D eigenvalue weighted by Gasteiger charge is -2.44. The van der Waals surface area contributed by atoms with E-state index in [0.717, 1.165) is 50.4 Å².